The second-order valence-corrected chi connectivity index (χ2v) is 5.51. The fourth-order valence-electron chi connectivity index (χ4n) is 1.97. The normalized spacial score (nSPS) is 12.1. The summed E-state index contributed by atoms with van der Waals surface area (Å²) >= 11 is 1.61. The van der Waals surface area contributed by atoms with Crippen molar-refractivity contribution >= 4 is 17.2 Å². The largest absolute Gasteiger partial charge is 0.504 e. The van der Waals surface area contributed by atoms with Gasteiger partial charge in [-0.1, -0.05) is 19.4 Å². The Hall–Kier alpha value is -2.01. The number of aromatic hydroxyl groups is 2. The molecule has 0 spiro atoms. The van der Waals surface area contributed by atoms with E-state index in [-0.39, 0.29) is 23.4 Å². The Kier molecular flexibility index (Phi) is 4.63. The second-order valence-electron chi connectivity index (χ2n) is 4.53. The van der Waals surface area contributed by atoms with E-state index >= 15 is 0 Å². The van der Waals surface area contributed by atoms with Gasteiger partial charge in [-0.3, -0.25) is 4.79 Å². The van der Waals surface area contributed by atoms with Crippen LogP contribution in [0, 0.1) is 0 Å². The van der Waals surface area contributed by atoms with E-state index in [4.69, 9.17) is 0 Å². The Morgan fingerprint density at radius 3 is 2.70 bits per heavy atom. The molecule has 1 atom stereocenters. The summed E-state index contributed by atoms with van der Waals surface area (Å²) < 4.78 is 0. The Morgan fingerprint density at radius 2 is 2.10 bits per heavy atom. The summed E-state index contributed by atoms with van der Waals surface area (Å²) in [6.07, 6.45) is 1.82. The maximum atomic E-state index is 12.2. The van der Waals surface area contributed by atoms with Crippen molar-refractivity contribution < 1.29 is 15.0 Å². The van der Waals surface area contributed by atoms with Crippen LogP contribution in [0.2, 0.25) is 0 Å². The van der Waals surface area contributed by atoms with Crippen LogP contribution in [0.3, 0.4) is 0 Å². The maximum Gasteiger partial charge on any atom is 0.251 e. The van der Waals surface area contributed by atoms with Gasteiger partial charge in [0, 0.05) is 10.4 Å². The van der Waals surface area contributed by atoms with Crippen LogP contribution >= 0.6 is 11.3 Å². The average molecular weight is 291 g/mol. The second kappa shape index (κ2) is 6.43. The van der Waals surface area contributed by atoms with E-state index < -0.39 is 0 Å². The number of carbonyl (C=O) groups is 1. The fourth-order valence-corrected chi connectivity index (χ4v) is 2.78. The molecule has 0 aliphatic carbocycles. The fraction of sp³-hybridized carbons (Fsp3) is 0.267. The molecule has 1 unspecified atom stereocenters. The summed E-state index contributed by atoms with van der Waals surface area (Å²) in [7, 11) is 0. The molecule has 20 heavy (non-hydrogen) atoms. The predicted octanol–water partition coefficient (Wildman–Crippen LogP) is 3.43. The van der Waals surface area contributed by atoms with Crippen molar-refractivity contribution in [1.82, 2.24) is 5.32 Å². The zero-order valence-corrected chi connectivity index (χ0v) is 12.0. The number of phenols is 2. The molecule has 0 saturated heterocycles. The van der Waals surface area contributed by atoms with E-state index in [2.05, 4.69) is 12.2 Å². The van der Waals surface area contributed by atoms with Crippen molar-refractivity contribution in [3.05, 3.63) is 46.2 Å². The van der Waals surface area contributed by atoms with Crippen LogP contribution in [0.1, 0.15) is 41.0 Å². The van der Waals surface area contributed by atoms with Crippen LogP contribution in [-0.4, -0.2) is 16.1 Å². The highest BCUT2D eigenvalue weighted by Crippen LogP contribution is 2.26. The molecular formula is C15H17NO3S. The Labute approximate surface area is 121 Å². The first-order valence-electron chi connectivity index (χ1n) is 6.48. The first-order chi connectivity index (χ1) is 9.61. The van der Waals surface area contributed by atoms with E-state index in [1.807, 2.05) is 17.5 Å². The summed E-state index contributed by atoms with van der Waals surface area (Å²) in [5.41, 5.74) is 0.331. The topological polar surface area (TPSA) is 69.6 Å². The third kappa shape index (κ3) is 3.30. The highest BCUT2D eigenvalue weighted by atomic mass is 32.1. The smallest absolute Gasteiger partial charge is 0.251 e. The van der Waals surface area contributed by atoms with Crippen LogP contribution in [0.5, 0.6) is 11.5 Å². The highest BCUT2D eigenvalue weighted by Gasteiger charge is 2.16. The summed E-state index contributed by atoms with van der Waals surface area (Å²) in [5.74, 6) is -0.780. The molecule has 3 N–H and O–H groups in total. The summed E-state index contributed by atoms with van der Waals surface area (Å²) in [4.78, 5) is 13.3. The maximum absolute atomic E-state index is 12.2. The number of nitrogens with one attached hydrogen (secondary N) is 1. The van der Waals surface area contributed by atoms with E-state index in [0.29, 0.717) is 5.56 Å². The number of thiophene rings is 1. The van der Waals surface area contributed by atoms with Gasteiger partial charge < -0.3 is 15.5 Å². The van der Waals surface area contributed by atoms with Crippen molar-refractivity contribution in [2.75, 3.05) is 0 Å². The average Bonchev–Trinajstić information content (AvgIpc) is 2.95. The van der Waals surface area contributed by atoms with Gasteiger partial charge in [0.25, 0.3) is 5.91 Å². The van der Waals surface area contributed by atoms with Gasteiger partial charge in [0.2, 0.25) is 0 Å². The van der Waals surface area contributed by atoms with Gasteiger partial charge in [-0.15, -0.1) is 11.3 Å². The van der Waals surface area contributed by atoms with Crippen molar-refractivity contribution in [3.63, 3.8) is 0 Å². The molecule has 0 aliphatic rings. The molecule has 2 aromatic rings. The monoisotopic (exact) mass is 291 g/mol. The van der Waals surface area contributed by atoms with Crippen LogP contribution in [0.4, 0.5) is 0 Å². The van der Waals surface area contributed by atoms with Crippen molar-refractivity contribution in [3.8, 4) is 11.5 Å². The number of carbonyl (C=O) groups excluding carboxylic acids is 1. The van der Waals surface area contributed by atoms with Crippen molar-refractivity contribution in [2.45, 2.75) is 25.8 Å². The van der Waals surface area contributed by atoms with Gasteiger partial charge in [-0.25, -0.2) is 0 Å². The Morgan fingerprint density at radius 1 is 1.30 bits per heavy atom. The zero-order valence-electron chi connectivity index (χ0n) is 11.2. The minimum atomic E-state index is -0.291. The first kappa shape index (κ1) is 14.4. The molecule has 1 aromatic heterocycles. The molecule has 1 amide bonds. The van der Waals surface area contributed by atoms with Gasteiger partial charge in [-0.2, -0.15) is 0 Å². The number of rotatable bonds is 5. The lowest BCUT2D eigenvalue weighted by Gasteiger charge is -2.17. The third-order valence-corrected chi connectivity index (χ3v) is 3.99. The number of benzene rings is 1. The predicted molar refractivity (Wildman–Crippen MR) is 79.2 cm³/mol. The molecule has 0 saturated carbocycles. The van der Waals surface area contributed by atoms with Gasteiger partial charge >= 0.3 is 0 Å². The minimum Gasteiger partial charge on any atom is -0.504 e. The number of hydrogen-bond acceptors (Lipinski definition) is 4. The molecule has 106 valence electrons. The molecule has 0 aliphatic heterocycles. The number of hydrogen-bond donors (Lipinski definition) is 3. The lowest BCUT2D eigenvalue weighted by molar-refractivity contribution is 0.0935. The molecule has 2 rings (SSSR count). The van der Waals surface area contributed by atoms with Gasteiger partial charge in [0.1, 0.15) is 0 Å². The quantitative estimate of drug-likeness (QED) is 0.739. The first-order valence-corrected chi connectivity index (χ1v) is 7.36. The van der Waals surface area contributed by atoms with E-state index in [1.165, 1.54) is 18.2 Å². The van der Waals surface area contributed by atoms with Crippen LogP contribution in [0.15, 0.2) is 35.7 Å². The number of amides is 1. The van der Waals surface area contributed by atoms with Crippen LogP contribution < -0.4 is 5.32 Å². The highest BCUT2D eigenvalue weighted by molar-refractivity contribution is 7.10. The molecule has 0 fully saturated rings. The van der Waals surface area contributed by atoms with Gasteiger partial charge in [-0.05, 0) is 36.1 Å². The van der Waals surface area contributed by atoms with Crippen molar-refractivity contribution in [1.29, 1.82) is 0 Å². The Bertz CT molecular complexity index is 581. The van der Waals surface area contributed by atoms with E-state index in [9.17, 15) is 15.0 Å². The summed E-state index contributed by atoms with van der Waals surface area (Å²) in [6.45, 7) is 2.07. The molecule has 4 nitrogen and oxygen atoms in total. The summed E-state index contributed by atoms with van der Waals surface area (Å²) in [6, 6.07) is 8.00. The van der Waals surface area contributed by atoms with E-state index in [0.717, 1.165) is 17.7 Å². The van der Waals surface area contributed by atoms with E-state index in [1.54, 1.807) is 11.3 Å². The molecule has 5 heteroatoms. The minimum absolute atomic E-state index is 0.0246. The third-order valence-electron chi connectivity index (χ3n) is 3.01. The molecular weight excluding hydrogens is 274 g/mol. The standard InChI is InChI=1S/C15H17NO3S/c1-2-4-11(14-5-3-8-20-14)16-15(19)10-6-7-12(17)13(18)9-10/h3,5-9,11,17-18H,2,4H2,1H3,(H,16,19). The summed E-state index contributed by atoms with van der Waals surface area (Å²) in [5, 5.41) is 23.6. The lowest BCUT2D eigenvalue weighted by Crippen LogP contribution is -2.27. The van der Waals surface area contributed by atoms with Crippen LogP contribution in [-0.2, 0) is 0 Å². The molecule has 1 heterocycles. The lowest BCUT2D eigenvalue weighted by atomic mass is 10.1. The zero-order chi connectivity index (χ0) is 14.5. The molecule has 0 bridgehead atoms. The van der Waals surface area contributed by atoms with Gasteiger partial charge in [0.05, 0.1) is 6.04 Å². The van der Waals surface area contributed by atoms with Crippen molar-refractivity contribution in [2.24, 2.45) is 0 Å². The van der Waals surface area contributed by atoms with Crippen LogP contribution in [0.25, 0.3) is 0 Å². The molecule has 0 radical (unpaired) electrons. The molecule has 1 aromatic carbocycles. The number of phenolic OH excluding ortho intramolecular Hbond substituents is 2. The van der Waals surface area contributed by atoms with Gasteiger partial charge in [0.15, 0.2) is 11.5 Å². The SMILES string of the molecule is CCCC(NC(=O)c1ccc(O)c(O)c1)c1cccs1. The Balaban J connectivity index is 2.13.